The highest BCUT2D eigenvalue weighted by Crippen LogP contribution is 2.25. The maximum atomic E-state index is 13.2. The molecular weight excluding hydrogens is 293 g/mol. The summed E-state index contributed by atoms with van der Waals surface area (Å²) in [6.45, 7) is 5.27. The first-order valence-corrected chi connectivity index (χ1v) is 7.66. The van der Waals surface area contributed by atoms with Crippen LogP contribution in [0.3, 0.4) is 0 Å². The lowest BCUT2D eigenvalue weighted by Gasteiger charge is -2.18. The highest BCUT2D eigenvalue weighted by molar-refractivity contribution is 9.10. The monoisotopic (exact) mass is 315 g/mol. The van der Waals surface area contributed by atoms with Crippen molar-refractivity contribution >= 4 is 15.9 Å². The molecule has 0 saturated heterocycles. The van der Waals surface area contributed by atoms with Gasteiger partial charge in [-0.15, -0.1) is 0 Å². The number of halogens is 2. The van der Waals surface area contributed by atoms with Crippen molar-refractivity contribution in [2.75, 3.05) is 6.54 Å². The fraction of sp³-hybridized carbons (Fsp3) is 0.600. The summed E-state index contributed by atoms with van der Waals surface area (Å²) in [5.74, 6) is -0.194. The maximum Gasteiger partial charge on any atom is 0.137 e. The standard InChI is InChI=1S/C15H23BrFN/c1-3-5-6-7-8-15(18-4-2)12-9-10-14(17)13(16)11-12/h9-11,15,18H,3-8H2,1-2H3. The van der Waals surface area contributed by atoms with Gasteiger partial charge in [0.2, 0.25) is 0 Å². The Morgan fingerprint density at radius 3 is 2.61 bits per heavy atom. The van der Waals surface area contributed by atoms with Crippen LogP contribution >= 0.6 is 15.9 Å². The highest BCUT2D eigenvalue weighted by Gasteiger charge is 2.11. The fourth-order valence-electron chi connectivity index (χ4n) is 2.14. The Bertz CT molecular complexity index is 354. The molecule has 0 bridgehead atoms. The second kappa shape index (κ2) is 8.65. The summed E-state index contributed by atoms with van der Waals surface area (Å²) >= 11 is 3.26. The van der Waals surface area contributed by atoms with Gasteiger partial charge in [0.05, 0.1) is 4.47 Å². The topological polar surface area (TPSA) is 12.0 Å². The van der Waals surface area contributed by atoms with Crippen molar-refractivity contribution in [3.05, 3.63) is 34.1 Å². The molecule has 0 aromatic heterocycles. The molecule has 0 aliphatic heterocycles. The molecule has 0 aliphatic carbocycles. The van der Waals surface area contributed by atoms with Gasteiger partial charge in [-0.25, -0.2) is 4.39 Å². The Hall–Kier alpha value is -0.410. The van der Waals surface area contributed by atoms with E-state index in [1.165, 1.54) is 37.3 Å². The number of nitrogens with one attached hydrogen (secondary N) is 1. The molecule has 0 spiro atoms. The Labute approximate surface area is 118 Å². The van der Waals surface area contributed by atoms with Crippen LogP contribution in [-0.4, -0.2) is 6.54 Å². The number of hydrogen-bond donors (Lipinski definition) is 1. The van der Waals surface area contributed by atoms with Crippen LogP contribution in [0.5, 0.6) is 0 Å². The quantitative estimate of drug-likeness (QED) is 0.649. The lowest BCUT2D eigenvalue weighted by atomic mass is 10.00. The maximum absolute atomic E-state index is 13.2. The average molecular weight is 316 g/mol. The molecule has 1 aromatic carbocycles. The number of unbranched alkanes of at least 4 members (excludes halogenated alkanes) is 3. The van der Waals surface area contributed by atoms with Gasteiger partial charge in [-0.2, -0.15) is 0 Å². The van der Waals surface area contributed by atoms with Gasteiger partial charge in [0.1, 0.15) is 5.82 Å². The largest absolute Gasteiger partial charge is 0.310 e. The predicted octanol–water partition coefficient (Wildman–Crippen LogP) is 5.21. The molecule has 1 rings (SSSR count). The van der Waals surface area contributed by atoms with Crippen LogP contribution in [0.25, 0.3) is 0 Å². The van der Waals surface area contributed by atoms with E-state index in [9.17, 15) is 4.39 Å². The van der Waals surface area contributed by atoms with Crippen LogP contribution < -0.4 is 5.32 Å². The highest BCUT2D eigenvalue weighted by atomic mass is 79.9. The second-order valence-corrected chi connectivity index (χ2v) is 5.49. The zero-order valence-electron chi connectivity index (χ0n) is 11.3. The minimum absolute atomic E-state index is 0.194. The first-order valence-electron chi connectivity index (χ1n) is 6.87. The molecule has 0 radical (unpaired) electrons. The van der Waals surface area contributed by atoms with Crippen molar-refractivity contribution in [2.24, 2.45) is 0 Å². The van der Waals surface area contributed by atoms with Gasteiger partial charge in [0.15, 0.2) is 0 Å². The molecule has 18 heavy (non-hydrogen) atoms. The smallest absolute Gasteiger partial charge is 0.137 e. The van der Waals surface area contributed by atoms with Crippen LogP contribution in [0.4, 0.5) is 4.39 Å². The molecule has 1 N–H and O–H groups in total. The van der Waals surface area contributed by atoms with Gasteiger partial charge in [0, 0.05) is 6.04 Å². The second-order valence-electron chi connectivity index (χ2n) is 4.63. The van der Waals surface area contributed by atoms with E-state index in [0.29, 0.717) is 10.5 Å². The van der Waals surface area contributed by atoms with Gasteiger partial charge < -0.3 is 5.32 Å². The van der Waals surface area contributed by atoms with Crippen molar-refractivity contribution in [1.29, 1.82) is 0 Å². The first-order chi connectivity index (χ1) is 8.69. The molecule has 3 heteroatoms. The van der Waals surface area contributed by atoms with E-state index in [0.717, 1.165) is 13.0 Å². The molecular formula is C15H23BrFN. The van der Waals surface area contributed by atoms with Gasteiger partial charge in [-0.3, -0.25) is 0 Å². The molecule has 1 aromatic rings. The van der Waals surface area contributed by atoms with E-state index < -0.39 is 0 Å². The van der Waals surface area contributed by atoms with Crippen molar-refractivity contribution in [3.63, 3.8) is 0 Å². The summed E-state index contributed by atoms with van der Waals surface area (Å²) in [5.41, 5.74) is 1.17. The van der Waals surface area contributed by atoms with E-state index in [1.807, 2.05) is 12.1 Å². The fourth-order valence-corrected chi connectivity index (χ4v) is 2.53. The zero-order valence-corrected chi connectivity index (χ0v) is 12.9. The van der Waals surface area contributed by atoms with Crippen LogP contribution in [-0.2, 0) is 0 Å². The lowest BCUT2D eigenvalue weighted by Crippen LogP contribution is -2.20. The minimum atomic E-state index is -0.194. The van der Waals surface area contributed by atoms with Crippen LogP contribution in [0, 0.1) is 5.82 Å². The molecule has 0 aliphatic rings. The molecule has 0 heterocycles. The summed E-state index contributed by atoms with van der Waals surface area (Å²) in [7, 11) is 0. The minimum Gasteiger partial charge on any atom is -0.310 e. The van der Waals surface area contributed by atoms with Crippen molar-refractivity contribution in [3.8, 4) is 0 Å². The first kappa shape index (κ1) is 15.6. The van der Waals surface area contributed by atoms with E-state index in [2.05, 4.69) is 35.1 Å². The Morgan fingerprint density at radius 2 is 2.00 bits per heavy atom. The zero-order chi connectivity index (χ0) is 13.4. The molecule has 0 saturated carbocycles. The Morgan fingerprint density at radius 1 is 1.22 bits per heavy atom. The number of rotatable bonds is 8. The normalized spacial score (nSPS) is 12.7. The summed E-state index contributed by atoms with van der Waals surface area (Å²) in [5, 5.41) is 3.48. The van der Waals surface area contributed by atoms with E-state index in [-0.39, 0.29) is 5.82 Å². The number of benzene rings is 1. The summed E-state index contributed by atoms with van der Waals surface area (Å²) in [6.07, 6.45) is 6.17. The van der Waals surface area contributed by atoms with Crippen LogP contribution in [0.15, 0.2) is 22.7 Å². The molecule has 0 amide bonds. The SMILES string of the molecule is CCCCCCC(NCC)c1ccc(F)c(Br)c1. The molecule has 1 nitrogen and oxygen atoms in total. The summed E-state index contributed by atoms with van der Waals surface area (Å²) in [6, 6.07) is 5.65. The van der Waals surface area contributed by atoms with Gasteiger partial charge in [-0.05, 0) is 46.6 Å². The van der Waals surface area contributed by atoms with E-state index >= 15 is 0 Å². The number of hydrogen-bond acceptors (Lipinski definition) is 1. The third-order valence-corrected chi connectivity index (χ3v) is 3.75. The van der Waals surface area contributed by atoms with Crippen molar-refractivity contribution in [2.45, 2.75) is 52.0 Å². The molecule has 1 atom stereocenters. The van der Waals surface area contributed by atoms with E-state index in [1.54, 1.807) is 0 Å². The van der Waals surface area contributed by atoms with Gasteiger partial charge in [-0.1, -0.05) is 45.6 Å². The molecule has 1 unspecified atom stereocenters. The summed E-state index contributed by atoms with van der Waals surface area (Å²) in [4.78, 5) is 0. The molecule has 0 fully saturated rings. The van der Waals surface area contributed by atoms with Gasteiger partial charge in [0.25, 0.3) is 0 Å². The average Bonchev–Trinajstić information content (AvgIpc) is 2.37. The Kier molecular flexibility index (Phi) is 7.52. The van der Waals surface area contributed by atoms with Crippen molar-refractivity contribution < 1.29 is 4.39 Å². The third kappa shape index (κ3) is 5.07. The van der Waals surface area contributed by atoms with Gasteiger partial charge >= 0.3 is 0 Å². The van der Waals surface area contributed by atoms with Crippen LogP contribution in [0.2, 0.25) is 0 Å². The molecule has 102 valence electrons. The lowest BCUT2D eigenvalue weighted by molar-refractivity contribution is 0.480. The van der Waals surface area contributed by atoms with E-state index in [4.69, 9.17) is 0 Å². The predicted molar refractivity (Wildman–Crippen MR) is 79.3 cm³/mol. The van der Waals surface area contributed by atoms with Crippen molar-refractivity contribution in [1.82, 2.24) is 5.32 Å². The Balaban J connectivity index is 2.61. The third-order valence-electron chi connectivity index (χ3n) is 3.14. The summed E-state index contributed by atoms with van der Waals surface area (Å²) < 4.78 is 13.8. The van der Waals surface area contributed by atoms with Crippen LogP contribution in [0.1, 0.15) is 57.6 Å².